The number of anilines is 1. The molecule has 1 aromatic carbocycles. The van der Waals surface area contributed by atoms with Crippen LogP contribution >= 0.6 is 27.7 Å². The van der Waals surface area contributed by atoms with E-state index < -0.39 is 0 Å². The molecule has 1 aliphatic heterocycles. The van der Waals surface area contributed by atoms with Crippen molar-refractivity contribution in [2.24, 2.45) is 0 Å². The second-order valence-corrected chi connectivity index (χ2v) is 8.41. The maximum Gasteiger partial charge on any atom is 0.0511 e. The summed E-state index contributed by atoms with van der Waals surface area (Å²) in [5.74, 6) is 1.20. The molecule has 19 heavy (non-hydrogen) atoms. The summed E-state index contributed by atoms with van der Waals surface area (Å²) < 4.78 is 1.55. The molecule has 1 N–H and O–H groups in total. The number of benzene rings is 1. The lowest BCUT2D eigenvalue weighted by molar-refractivity contribution is 0.642. The molecule has 1 fully saturated rings. The zero-order valence-corrected chi connectivity index (χ0v) is 14.6. The van der Waals surface area contributed by atoms with E-state index in [2.05, 4.69) is 76.9 Å². The molecule has 0 spiro atoms. The summed E-state index contributed by atoms with van der Waals surface area (Å²) in [6, 6.07) is 7.11. The average Bonchev–Trinajstić information content (AvgIpc) is 2.36. The van der Waals surface area contributed by atoms with Gasteiger partial charge in [0.25, 0.3) is 0 Å². The van der Waals surface area contributed by atoms with Gasteiger partial charge in [0.15, 0.2) is 0 Å². The summed E-state index contributed by atoms with van der Waals surface area (Å²) in [4.78, 5) is 2.49. The Morgan fingerprint density at radius 1 is 1.42 bits per heavy atom. The average molecular weight is 343 g/mol. The third kappa shape index (κ3) is 3.67. The van der Waals surface area contributed by atoms with Gasteiger partial charge >= 0.3 is 0 Å². The van der Waals surface area contributed by atoms with E-state index in [1.165, 1.54) is 21.5 Å². The number of nitrogens with one attached hydrogen (secondary N) is 1. The van der Waals surface area contributed by atoms with Gasteiger partial charge in [-0.1, -0.05) is 6.07 Å². The molecule has 4 heteroatoms. The van der Waals surface area contributed by atoms with Crippen molar-refractivity contribution in [3.05, 3.63) is 28.2 Å². The Bertz CT molecular complexity index is 448. The van der Waals surface area contributed by atoms with Crippen molar-refractivity contribution in [1.29, 1.82) is 0 Å². The highest BCUT2D eigenvalue weighted by Gasteiger charge is 2.28. The van der Waals surface area contributed by atoms with E-state index in [-0.39, 0.29) is 0 Å². The summed E-state index contributed by atoms with van der Waals surface area (Å²) in [7, 11) is 2.00. The fourth-order valence-corrected chi connectivity index (χ4v) is 4.20. The van der Waals surface area contributed by atoms with Crippen molar-refractivity contribution in [2.45, 2.75) is 31.6 Å². The number of thioether (sulfide) groups is 1. The molecule has 1 aliphatic rings. The molecule has 1 atom stereocenters. The monoisotopic (exact) mass is 342 g/mol. The van der Waals surface area contributed by atoms with Gasteiger partial charge in [-0.05, 0) is 61.4 Å². The molecule has 1 aromatic rings. The van der Waals surface area contributed by atoms with Crippen molar-refractivity contribution in [1.82, 2.24) is 5.32 Å². The molecule has 0 bridgehead atoms. The van der Waals surface area contributed by atoms with Crippen LogP contribution in [0.25, 0.3) is 0 Å². The van der Waals surface area contributed by atoms with Crippen LogP contribution in [-0.4, -0.2) is 30.6 Å². The Morgan fingerprint density at radius 3 is 2.74 bits per heavy atom. The molecule has 1 heterocycles. The Balaban J connectivity index is 2.21. The van der Waals surface area contributed by atoms with Crippen LogP contribution in [0.15, 0.2) is 22.7 Å². The minimum Gasteiger partial charge on any atom is -0.368 e. The normalized spacial score (nSPS) is 20.4. The van der Waals surface area contributed by atoms with Crippen LogP contribution in [0, 0.1) is 0 Å². The van der Waals surface area contributed by atoms with Gasteiger partial charge in [-0.3, -0.25) is 0 Å². The third-order valence-electron chi connectivity index (χ3n) is 3.67. The van der Waals surface area contributed by atoms with Gasteiger partial charge in [-0.2, -0.15) is 11.8 Å². The van der Waals surface area contributed by atoms with Crippen LogP contribution < -0.4 is 10.2 Å². The van der Waals surface area contributed by atoms with Gasteiger partial charge in [0.2, 0.25) is 0 Å². The highest BCUT2D eigenvalue weighted by atomic mass is 79.9. The van der Waals surface area contributed by atoms with Crippen LogP contribution in [0.5, 0.6) is 0 Å². The van der Waals surface area contributed by atoms with E-state index in [4.69, 9.17) is 0 Å². The fourth-order valence-electron chi connectivity index (χ4n) is 2.44. The molecular weight excluding hydrogens is 320 g/mol. The molecular formula is C15H23BrN2S. The Hall–Kier alpha value is -0.190. The quantitative estimate of drug-likeness (QED) is 0.891. The van der Waals surface area contributed by atoms with Crippen LogP contribution in [0.2, 0.25) is 0 Å². The first kappa shape index (κ1) is 15.2. The van der Waals surface area contributed by atoms with Gasteiger partial charge in [-0.25, -0.2) is 0 Å². The van der Waals surface area contributed by atoms with Crippen molar-refractivity contribution in [3.8, 4) is 0 Å². The lowest BCUT2D eigenvalue weighted by Crippen LogP contribution is -2.43. The molecule has 0 aromatic heterocycles. The Morgan fingerprint density at radius 2 is 2.16 bits per heavy atom. The van der Waals surface area contributed by atoms with Crippen LogP contribution in [-0.2, 0) is 0 Å². The van der Waals surface area contributed by atoms with Crippen LogP contribution in [0.3, 0.4) is 0 Å². The highest BCUT2D eigenvalue weighted by Crippen LogP contribution is 2.36. The molecule has 1 saturated heterocycles. The van der Waals surface area contributed by atoms with Gasteiger partial charge < -0.3 is 10.2 Å². The Labute approximate surface area is 129 Å². The van der Waals surface area contributed by atoms with Crippen molar-refractivity contribution in [3.63, 3.8) is 0 Å². The zero-order chi connectivity index (χ0) is 14.0. The SMILES string of the molecule is CNC(C)c1ccc(N2CCSC(C)(C)C2)c(Br)c1. The number of hydrogen-bond acceptors (Lipinski definition) is 3. The second kappa shape index (κ2) is 6.06. The topological polar surface area (TPSA) is 15.3 Å². The van der Waals surface area contributed by atoms with E-state index in [1.807, 2.05) is 7.05 Å². The van der Waals surface area contributed by atoms with E-state index in [9.17, 15) is 0 Å². The predicted molar refractivity (Wildman–Crippen MR) is 90.4 cm³/mol. The van der Waals surface area contributed by atoms with E-state index in [0.29, 0.717) is 10.8 Å². The van der Waals surface area contributed by atoms with Crippen molar-refractivity contribution in [2.75, 3.05) is 30.8 Å². The second-order valence-electron chi connectivity index (χ2n) is 5.75. The predicted octanol–water partition coefficient (Wildman–Crippen LogP) is 4.06. The van der Waals surface area contributed by atoms with Crippen LogP contribution in [0.1, 0.15) is 32.4 Å². The van der Waals surface area contributed by atoms with Gasteiger partial charge in [-0.15, -0.1) is 0 Å². The number of nitrogens with zero attached hydrogens (tertiary/aromatic N) is 1. The van der Waals surface area contributed by atoms with Gasteiger partial charge in [0, 0.05) is 34.1 Å². The van der Waals surface area contributed by atoms with Gasteiger partial charge in [0.1, 0.15) is 0 Å². The standard InChI is InChI=1S/C15H23BrN2S/c1-11(17-4)12-5-6-14(13(16)9-12)18-7-8-19-15(2,3)10-18/h5-6,9,11,17H,7-8,10H2,1-4H3. The minimum absolute atomic E-state index is 0.342. The van der Waals surface area contributed by atoms with Crippen LogP contribution in [0.4, 0.5) is 5.69 Å². The third-order valence-corrected chi connectivity index (χ3v) is 5.60. The molecule has 106 valence electrons. The molecule has 2 nitrogen and oxygen atoms in total. The number of rotatable bonds is 3. The largest absolute Gasteiger partial charge is 0.368 e. The number of halogens is 1. The van der Waals surface area contributed by atoms with Crippen molar-refractivity contribution < 1.29 is 0 Å². The maximum atomic E-state index is 3.74. The fraction of sp³-hybridized carbons (Fsp3) is 0.600. The molecule has 2 rings (SSSR count). The Kier molecular flexibility index (Phi) is 4.85. The first-order chi connectivity index (χ1) is 8.93. The van der Waals surface area contributed by atoms with Crippen molar-refractivity contribution >= 4 is 33.4 Å². The van der Waals surface area contributed by atoms with E-state index >= 15 is 0 Å². The lowest BCUT2D eigenvalue weighted by atomic mass is 10.1. The lowest BCUT2D eigenvalue weighted by Gasteiger charge is -2.39. The number of hydrogen-bond donors (Lipinski definition) is 1. The molecule has 0 amide bonds. The first-order valence-electron chi connectivity index (χ1n) is 6.78. The van der Waals surface area contributed by atoms with E-state index in [0.717, 1.165) is 13.1 Å². The molecule has 0 radical (unpaired) electrons. The maximum absolute atomic E-state index is 3.74. The summed E-state index contributed by atoms with van der Waals surface area (Å²) >= 11 is 5.81. The van der Waals surface area contributed by atoms with E-state index in [1.54, 1.807) is 0 Å². The molecule has 0 aliphatic carbocycles. The summed E-state index contributed by atoms with van der Waals surface area (Å²) in [5, 5.41) is 3.28. The smallest absolute Gasteiger partial charge is 0.0511 e. The summed E-state index contributed by atoms with van der Waals surface area (Å²) in [6.45, 7) is 9.08. The zero-order valence-electron chi connectivity index (χ0n) is 12.2. The molecule has 0 saturated carbocycles. The summed E-state index contributed by atoms with van der Waals surface area (Å²) in [5.41, 5.74) is 2.64. The van der Waals surface area contributed by atoms with Gasteiger partial charge in [0.05, 0.1) is 5.69 Å². The first-order valence-corrected chi connectivity index (χ1v) is 8.56. The summed E-state index contributed by atoms with van der Waals surface area (Å²) in [6.07, 6.45) is 0. The highest BCUT2D eigenvalue weighted by molar-refractivity contribution is 9.10. The minimum atomic E-state index is 0.342. The molecule has 1 unspecified atom stereocenters.